The second-order valence-corrected chi connectivity index (χ2v) is 5.04. The molecule has 0 aliphatic carbocycles. The minimum Gasteiger partial charge on any atom is -0.271 e. The van der Waals surface area contributed by atoms with Crippen LogP contribution in [0.4, 0.5) is 4.39 Å². The number of pyridine rings is 1. The van der Waals surface area contributed by atoms with E-state index in [0.29, 0.717) is 17.0 Å². The van der Waals surface area contributed by atoms with Gasteiger partial charge in [-0.25, -0.2) is 4.39 Å². The summed E-state index contributed by atoms with van der Waals surface area (Å²) >= 11 is 5.75. The van der Waals surface area contributed by atoms with Crippen LogP contribution in [0.5, 0.6) is 0 Å². The molecule has 2 aromatic rings. The van der Waals surface area contributed by atoms with Crippen molar-refractivity contribution in [2.75, 3.05) is 0 Å². The molecule has 106 valence electrons. The largest absolute Gasteiger partial charge is 0.271 e. The van der Waals surface area contributed by atoms with Crippen molar-refractivity contribution in [3.8, 4) is 0 Å². The van der Waals surface area contributed by atoms with Crippen molar-refractivity contribution in [3.63, 3.8) is 0 Å². The number of halogens is 2. The van der Waals surface area contributed by atoms with Crippen molar-refractivity contribution in [3.05, 3.63) is 64.2 Å². The summed E-state index contributed by atoms with van der Waals surface area (Å²) in [6, 6.07) is 8.20. The van der Waals surface area contributed by atoms with E-state index in [-0.39, 0.29) is 11.9 Å². The minimum absolute atomic E-state index is 0.341. The number of hydrogen-bond donors (Lipinski definition) is 2. The number of nitrogens with zero attached hydrogens (tertiary/aromatic N) is 1. The number of rotatable bonds is 5. The van der Waals surface area contributed by atoms with E-state index in [4.69, 9.17) is 17.4 Å². The Labute approximate surface area is 122 Å². The van der Waals surface area contributed by atoms with Crippen molar-refractivity contribution in [1.29, 1.82) is 0 Å². The summed E-state index contributed by atoms with van der Waals surface area (Å²) in [5, 5.41) is 0.368. The Morgan fingerprint density at radius 2 is 2.15 bits per heavy atom. The average molecular weight is 294 g/mol. The molecule has 1 atom stereocenters. The van der Waals surface area contributed by atoms with Gasteiger partial charge in [0, 0.05) is 28.9 Å². The molecule has 3 N–H and O–H groups in total. The van der Waals surface area contributed by atoms with Gasteiger partial charge in [-0.3, -0.25) is 16.3 Å². The molecular formula is C15H17ClFN3. The lowest BCUT2D eigenvalue weighted by atomic mass is 10.0. The van der Waals surface area contributed by atoms with E-state index in [2.05, 4.69) is 17.3 Å². The third-order valence-corrected chi connectivity index (χ3v) is 3.48. The van der Waals surface area contributed by atoms with Gasteiger partial charge in [0.2, 0.25) is 0 Å². The zero-order chi connectivity index (χ0) is 14.5. The summed E-state index contributed by atoms with van der Waals surface area (Å²) in [4.78, 5) is 4.37. The fraction of sp³-hybridized carbons (Fsp3) is 0.267. The van der Waals surface area contributed by atoms with E-state index >= 15 is 0 Å². The lowest BCUT2D eigenvalue weighted by Crippen LogP contribution is -2.30. The molecule has 20 heavy (non-hydrogen) atoms. The predicted octanol–water partition coefficient (Wildman–Crippen LogP) is 3.18. The lowest BCUT2D eigenvalue weighted by molar-refractivity contribution is 0.507. The van der Waals surface area contributed by atoms with Crippen LogP contribution in [-0.2, 0) is 12.8 Å². The first-order valence-electron chi connectivity index (χ1n) is 6.49. The highest BCUT2D eigenvalue weighted by Crippen LogP contribution is 2.23. The summed E-state index contributed by atoms with van der Waals surface area (Å²) in [6.07, 6.45) is 3.29. The maximum Gasteiger partial charge on any atom is 0.129 e. The van der Waals surface area contributed by atoms with Crippen LogP contribution in [-0.4, -0.2) is 4.98 Å². The second kappa shape index (κ2) is 6.79. The Balaban J connectivity index is 2.19. The maximum absolute atomic E-state index is 13.9. The monoisotopic (exact) mass is 293 g/mol. The first kappa shape index (κ1) is 14.9. The van der Waals surface area contributed by atoms with Crippen LogP contribution in [0.25, 0.3) is 0 Å². The molecule has 1 unspecified atom stereocenters. The number of benzene rings is 1. The molecule has 0 bridgehead atoms. The van der Waals surface area contributed by atoms with Gasteiger partial charge in [-0.2, -0.15) is 0 Å². The zero-order valence-corrected chi connectivity index (χ0v) is 12.0. The number of aryl methyl sites for hydroxylation is 1. The first-order chi connectivity index (χ1) is 9.63. The van der Waals surface area contributed by atoms with Crippen molar-refractivity contribution < 1.29 is 4.39 Å². The van der Waals surface area contributed by atoms with E-state index in [1.165, 1.54) is 11.6 Å². The number of nitrogens with two attached hydrogens (primary N) is 1. The smallest absolute Gasteiger partial charge is 0.129 e. The highest BCUT2D eigenvalue weighted by molar-refractivity contribution is 6.30. The zero-order valence-electron chi connectivity index (χ0n) is 11.2. The van der Waals surface area contributed by atoms with E-state index in [0.717, 1.165) is 12.1 Å². The van der Waals surface area contributed by atoms with Crippen LogP contribution >= 0.6 is 11.6 Å². The summed E-state index contributed by atoms with van der Waals surface area (Å²) in [6.45, 7) is 2.07. The molecule has 5 heteroatoms. The molecule has 0 aliphatic heterocycles. The molecule has 0 saturated carbocycles. The van der Waals surface area contributed by atoms with Gasteiger partial charge in [0.05, 0.1) is 6.04 Å². The maximum atomic E-state index is 13.9. The number of hydrazine groups is 1. The fourth-order valence-corrected chi connectivity index (χ4v) is 2.20. The van der Waals surface area contributed by atoms with Crippen molar-refractivity contribution in [2.24, 2.45) is 5.84 Å². The number of aromatic nitrogens is 1. The van der Waals surface area contributed by atoms with E-state index in [1.54, 1.807) is 12.1 Å². The number of nitrogens with one attached hydrogen (secondary N) is 1. The Kier molecular flexibility index (Phi) is 5.06. The second-order valence-electron chi connectivity index (χ2n) is 4.60. The molecule has 0 aliphatic rings. The van der Waals surface area contributed by atoms with E-state index in [1.807, 2.05) is 18.3 Å². The molecule has 1 aromatic carbocycles. The third kappa shape index (κ3) is 3.54. The third-order valence-electron chi connectivity index (χ3n) is 3.25. The van der Waals surface area contributed by atoms with Crippen molar-refractivity contribution in [2.45, 2.75) is 25.8 Å². The van der Waals surface area contributed by atoms with Gasteiger partial charge in [-0.05, 0) is 30.2 Å². The molecule has 0 fully saturated rings. The van der Waals surface area contributed by atoms with Crippen molar-refractivity contribution >= 4 is 11.6 Å². The molecule has 1 aromatic heterocycles. The van der Waals surface area contributed by atoms with Gasteiger partial charge in [-0.15, -0.1) is 0 Å². The quantitative estimate of drug-likeness (QED) is 0.657. The van der Waals surface area contributed by atoms with Crippen LogP contribution < -0.4 is 11.3 Å². The standard InChI is InChI=1S/C15H17ClFN3/c1-2-10-3-5-12(19-9-10)8-15(20-18)13-6-4-11(16)7-14(13)17/h3-7,9,15,20H,2,8,18H2,1H3. The molecule has 2 rings (SSSR count). The van der Waals surface area contributed by atoms with Crippen LogP contribution in [0.15, 0.2) is 36.5 Å². The Hall–Kier alpha value is -1.49. The van der Waals surface area contributed by atoms with Gasteiger partial charge in [-0.1, -0.05) is 30.7 Å². The summed E-state index contributed by atoms with van der Waals surface area (Å²) in [7, 11) is 0. The molecule has 0 radical (unpaired) electrons. The van der Waals surface area contributed by atoms with Gasteiger partial charge < -0.3 is 0 Å². The molecule has 0 amide bonds. The topological polar surface area (TPSA) is 50.9 Å². The minimum atomic E-state index is -0.370. The van der Waals surface area contributed by atoms with Gasteiger partial charge >= 0.3 is 0 Å². The Morgan fingerprint density at radius 1 is 1.35 bits per heavy atom. The average Bonchev–Trinajstić information content (AvgIpc) is 2.46. The summed E-state index contributed by atoms with van der Waals surface area (Å²) in [5.74, 6) is 5.17. The highest BCUT2D eigenvalue weighted by atomic mass is 35.5. The highest BCUT2D eigenvalue weighted by Gasteiger charge is 2.16. The molecule has 1 heterocycles. The first-order valence-corrected chi connectivity index (χ1v) is 6.86. The fourth-order valence-electron chi connectivity index (χ4n) is 2.04. The normalized spacial score (nSPS) is 12.4. The van der Waals surface area contributed by atoms with Gasteiger partial charge in [0.1, 0.15) is 5.82 Å². The van der Waals surface area contributed by atoms with Crippen LogP contribution in [0.2, 0.25) is 5.02 Å². The summed E-state index contributed by atoms with van der Waals surface area (Å²) < 4.78 is 13.9. The predicted molar refractivity (Wildman–Crippen MR) is 78.8 cm³/mol. The van der Waals surface area contributed by atoms with Crippen molar-refractivity contribution in [1.82, 2.24) is 10.4 Å². The summed E-state index contributed by atoms with van der Waals surface area (Å²) in [5.41, 5.74) is 5.15. The van der Waals surface area contributed by atoms with Gasteiger partial charge in [0.15, 0.2) is 0 Å². The lowest BCUT2D eigenvalue weighted by Gasteiger charge is -2.17. The Bertz CT molecular complexity index is 572. The van der Waals surface area contributed by atoms with E-state index in [9.17, 15) is 4.39 Å². The van der Waals surface area contributed by atoms with Gasteiger partial charge in [0.25, 0.3) is 0 Å². The molecule has 3 nitrogen and oxygen atoms in total. The van der Waals surface area contributed by atoms with Crippen LogP contribution in [0.3, 0.4) is 0 Å². The van der Waals surface area contributed by atoms with Crippen LogP contribution in [0.1, 0.15) is 29.8 Å². The molecule has 0 spiro atoms. The number of hydrogen-bond acceptors (Lipinski definition) is 3. The molecular weight excluding hydrogens is 277 g/mol. The molecule has 0 saturated heterocycles. The van der Waals surface area contributed by atoms with E-state index < -0.39 is 0 Å². The Morgan fingerprint density at radius 3 is 2.70 bits per heavy atom. The SMILES string of the molecule is CCc1ccc(CC(NN)c2ccc(Cl)cc2F)nc1. The van der Waals surface area contributed by atoms with Crippen LogP contribution in [0, 0.1) is 5.82 Å².